The van der Waals surface area contributed by atoms with Crippen LogP contribution in [0.3, 0.4) is 0 Å². The number of hydrogen-bond donors (Lipinski definition) is 1. The summed E-state index contributed by atoms with van der Waals surface area (Å²) in [5.41, 5.74) is 3.91. The maximum atomic E-state index is 14.2. The molecule has 1 atom stereocenters. The first kappa shape index (κ1) is 33.5. The summed E-state index contributed by atoms with van der Waals surface area (Å²) in [7, 11) is -1.38. The monoisotopic (exact) mass is 609 g/mol. The number of sulfonamides is 1. The van der Waals surface area contributed by atoms with Crippen molar-refractivity contribution in [3.05, 3.63) is 82.9 Å². The molecule has 10 heteroatoms. The summed E-state index contributed by atoms with van der Waals surface area (Å²) in [6, 6.07) is 16.5. The summed E-state index contributed by atoms with van der Waals surface area (Å²) >= 11 is 0. The Labute approximate surface area is 255 Å². The lowest BCUT2D eigenvalue weighted by atomic mass is 10.1. The van der Waals surface area contributed by atoms with Gasteiger partial charge in [0.25, 0.3) is 10.0 Å². The van der Waals surface area contributed by atoms with E-state index in [9.17, 15) is 18.0 Å². The minimum absolute atomic E-state index is 0.0649. The Balaban J connectivity index is 2.09. The van der Waals surface area contributed by atoms with E-state index in [0.717, 1.165) is 26.6 Å². The lowest BCUT2D eigenvalue weighted by Gasteiger charge is -2.32. The Bertz CT molecular complexity index is 1520. The zero-order valence-corrected chi connectivity index (χ0v) is 27.1. The summed E-state index contributed by atoms with van der Waals surface area (Å²) in [6.07, 6.45) is 0. The number of nitrogens with one attached hydrogen (secondary N) is 1. The van der Waals surface area contributed by atoms with Crippen LogP contribution in [0.5, 0.6) is 11.5 Å². The van der Waals surface area contributed by atoms with Crippen LogP contribution in [0.25, 0.3) is 0 Å². The van der Waals surface area contributed by atoms with Crippen molar-refractivity contribution in [1.82, 2.24) is 10.2 Å². The van der Waals surface area contributed by atoms with Gasteiger partial charge in [0.2, 0.25) is 11.8 Å². The first-order chi connectivity index (χ1) is 20.3. The number of methoxy groups -OCH3 is 2. The molecular weight excluding hydrogens is 566 g/mol. The quantitative estimate of drug-likeness (QED) is 0.292. The van der Waals surface area contributed by atoms with Crippen molar-refractivity contribution in [2.75, 3.05) is 31.6 Å². The minimum atomic E-state index is -4.27. The van der Waals surface area contributed by atoms with Crippen LogP contribution in [-0.4, -0.2) is 58.5 Å². The van der Waals surface area contributed by atoms with Crippen molar-refractivity contribution in [2.24, 2.45) is 5.92 Å². The Hall–Kier alpha value is -4.05. The standard InChI is InChI=1S/C33H43N3O6S/c1-22(2)19-34-33(38)26(6)35(20-27-11-9-23(3)10-12-27)32(37)21-36(28-16-24(4)15-25(5)17-28)43(39,40)29-13-14-30(41-7)31(18-29)42-8/h9-18,22,26H,19-21H2,1-8H3,(H,34,38)/t26-/m1/s1. The third kappa shape index (κ3) is 8.50. The lowest BCUT2D eigenvalue weighted by molar-refractivity contribution is -0.139. The van der Waals surface area contributed by atoms with Gasteiger partial charge in [-0.2, -0.15) is 0 Å². The van der Waals surface area contributed by atoms with Gasteiger partial charge in [0.15, 0.2) is 11.5 Å². The Kier molecular flexibility index (Phi) is 11.2. The first-order valence-electron chi connectivity index (χ1n) is 14.2. The number of ether oxygens (including phenoxy) is 2. The van der Waals surface area contributed by atoms with Crippen molar-refractivity contribution >= 4 is 27.5 Å². The summed E-state index contributed by atoms with van der Waals surface area (Å²) in [5, 5.41) is 2.90. The van der Waals surface area contributed by atoms with E-state index in [1.54, 1.807) is 19.1 Å². The largest absolute Gasteiger partial charge is 0.493 e. The number of carbonyl (C=O) groups is 2. The van der Waals surface area contributed by atoms with Crippen molar-refractivity contribution in [3.63, 3.8) is 0 Å². The highest BCUT2D eigenvalue weighted by Crippen LogP contribution is 2.33. The summed E-state index contributed by atoms with van der Waals surface area (Å²) in [6.45, 7) is 11.4. The van der Waals surface area contributed by atoms with E-state index in [2.05, 4.69) is 5.32 Å². The third-order valence-electron chi connectivity index (χ3n) is 7.04. The molecule has 232 valence electrons. The molecular formula is C33H43N3O6S. The van der Waals surface area contributed by atoms with E-state index in [1.807, 2.05) is 65.0 Å². The molecule has 0 aliphatic carbocycles. The van der Waals surface area contributed by atoms with Gasteiger partial charge in [-0.3, -0.25) is 13.9 Å². The van der Waals surface area contributed by atoms with E-state index in [0.29, 0.717) is 18.0 Å². The van der Waals surface area contributed by atoms with Crippen LogP contribution in [0, 0.1) is 26.7 Å². The number of nitrogens with zero attached hydrogens (tertiary/aromatic N) is 2. The minimum Gasteiger partial charge on any atom is -0.493 e. The van der Waals surface area contributed by atoms with Crippen molar-refractivity contribution in [1.29, 1.82) is 0 Å². The van der Waals surface area contributed by atoms with E-state index in [4.69, 9.17) is 9.47 Å². The number of amides is 2. The van der Waals surface area contributed by atoms with Crippen LogP contribution < -0.4 is 19.1 Å². The van der Waals surface area contributed by atoms with E-state index < -0.39 is 28.5 Å². The predicted molar refractivity (Wildman–Crippen MR) is 169 cm³/mol. The van der Waals surface area contributed by atoms with Crippen LogP contribution in [0.4, 0.5) is 5.69 Å². The molecule has 3 aromatic carbocycles. The Morgan fingerprint density at radius 1 is 0.814 bits per heavy atom. The zero-order chi connectivity index (χ0) is 31.9. The van der Waals surface area contributed by atoms with Crippen LogP contribution >= 0.6 is 0 Å². The molecule has 3 rings (SSSR count). The van der Waals surface area contributed by atoms with E-state index in [-0.39, 0.29) is 29.0 Å². The van der Waals surface area contributed by atoms with Crippen molar-refractivity contribution in [3.8, 4) is 11.5 Å². The fraction of sp³-hybridized carbons (Fsp3) is 0.394. The van der Waals surface area contributed by atoms with E-state index >= 15 is 0 Å². The van der Waals surface area contributed by atoms with Crippen LogP contribution in [-0.2, 0) is 26.2 Å². The highest BCUT2D eigenvalue weighted by Gasteiger charge is 2.33. The lowest BCUT2D eigenvalue weighted by Crippen LogP contribution is -2.51. The number of anilines is 1. The maximum absolute atomic E-state index is 14.2. The van der Waals surface area contributed by atoms with Gasteiger partial charge in [-0.25, -0.2) is 8.42 Å². The average Bonchev–Trinajstić information content (AvgIpc) is 2.96. The topological polar surface area (TPSA) is 105 Å². The molecule has 0 saturated carbocycles. The zero-order valence-electron chi connectivity index (χ0n) is 26.3. The highest BCUT2D eigenvalue weighted by atomic mass is 32.2. The molecule has 0 bridgehead atoms. The maximum Gasteiger partial charge on any atom is 0.264 e. The van der Waals surface area contributed by atoms with Gasteiger partial charge in [0.05, 0.1) is 24.8 Å². The Morgan fingerprint density at radius 3 is 1.98 bits per heavy atom. The summed E-state index contributed by atoms with van der Waals surface area (Å²) < 4.78 is 40.2. The number of rotatable bonds is 13. The number of carbonyl (C=O) groups excluding carboxylic acids is 2. The molecule has 43 heavy (non-hydrogen) atoms. The predicted octanol–water partition coefficient (Wildman–Crippen LogP) is 5.01. The van der Waals surface area contributed by atoms with Gasteiger partial charge in [-0.05, 0) is 74.6 Å². The third-order valence-corrected chi connectivity index (χ3v) is 8.81. The molecule has 0 aliphatic heterocycles. The van der Waals surface area contributed by atoms with Gasteiger partial charge in [-0.1, -0.05) is 49.7 Å². The SMILES string of the molecule is COc1ccc(S(=O)(=O)N(CC(=O)N(Cc2ccc(C)cc2)[C@H](C)C(=O)NCC(C)C)c2cc(C)cc(C)c2)cc1OC. The molecule has 3 aromatic rings. The summed E-state index contributed by atoms with van der Waals surface area (Å²) in [5.74, 6) is 0.0163. The van der Waals surface area contributed by atoms with Crippen molar-refractivity contribution in [2.45, 2.75) is 59.0 Å². The van der Waals surface area contributed by atoms with Crippen molar-refractivity contribution < 1.29 is 27.5 Å². The summed E-state index contributed by atoms with van der Waals surface area (Å²) in [4.78, 5) is 28.7. The van der Waals surface area contributed by atoms with Crippen LogP contribution in [0.15, 0.2) is 65.6 Å². The molecule has 0 spiro atoms. The fourth-order valence-corrected chi connectivity index (χ4v) is 6.07. The molecule has 9 nitrogen and oxygen atoms in total. The van der Waals surface area contributed by atoms with Gasteiger partial charge in [-0.15, -0.1) is 0 Å². The highest BCUT2D eigenvalue weighted by molar-refractivity contribution is 7.92. The smallest absolute Gasteiger partial charge is 0.264 e. The van der Waals surface area contributed by atoms with Gasteiger partial charge in [0, 0.05) is 19.2 Å². The second-order valence-electron chi connectivity index (χ2n) is 11.2. The molecule has 1 N–H and O–H groups in total. The fourth-order valence-electron chi connectivity index (χ4n) is 4.65. The molecule has 0 radical (unpaired) electrons. The molecule has 0 aliphatic rings. The second-order valence-corrected chi connectivity index (χ2v) is 13.1. The van der Waals surface area contributed by atoms with Gasteiger partial charge in [0.1, 0.15) is 12.6 Å². The second kappa shape index (κ2) is 14.4. The molecule has 0 saturated heterocycles. The first-order valence-corrected chi connectivity index (χ1v) is 15.7. The number of aryl methyl sites for hydroxylation is 3. The van der Waals surface area contributed by atoms with Gasteiger partial charge >= 0.3 is 0 Å². The molecule has 2 amide bonds. The molecule has 0 heterocycles. The van der Waals surface area contributed by atoms with Crippen LogP contribution in [0.1, 0.15) is 43.0 Å². The van der Waals surface area contributed by atoms with Crippen LogP contribution in [0.2, 0.25) is 0 Å². The van der Waals surface area contributed by atoms with Gasteiger partial charge < -0.3 is 19.7 Å². The van der Waals surface area contributed by atoms with E-state index in [1.165, 1.54) is 37.3 Å². The molecule has 0 unspecified atom stereocenters. The molecule has 0 aromatic heterocycles. The number of benzene rings is 3. The molecule has 0 fully saturated rings. The average molecular weight is 610 g/mol. The Morgan fingerprint density at radius 2 is 1.42 bits per heavy atom. The normalized spacial score (nSPS) is 12.0. The number of hydrogen-bond acceptors (Lipinski definition) is 6.